The lowest BCUT2D eigenvalue weighted by Gasteiger charge is -2.32. The third kappa shape index (κ3) is 2.25. The molecule has 0 radical (unpaired) electrons. The zero-order valence-corrected chi connectivity index (χ0v) is 16.2. The predicted octanol–water partition coefficient (Wildman–Crippen LogP) is 3.72. The number of carbonyl (C=O) groups is 3. The number of hydrogen-bond acceptors (Lipinski definition) is 4. The Balaban J connectivity index is 1.87. The highest BCUT2D eigenvalue weighted by Crippen LogP contribution is 2.57. The molecular formula is C22H16N2O4S. The number of likely N-dealkylation sites (N-methyl/N-ethyl adjacent to an activating group) is 1. The van der Waals surface area contributed by atoms with E-state index in [9.17, 15) is 19.5 Å². The maximum Gasteiger partial charge on any atom is 0.346 e. The summed E-state index contributed by atoms with van der Waals surface area (Å²) in [6, 6.07) is 16.5. The van der Waals surface area contributed by atoms with E-state index >= 15 is 0 Å². The second-order valence-corrected chi connectivity index (χ2v) is 8.21. The Hall–Kier alpha value is -3.45. The third-order valence-electron chi connectivity index (χ3n) is 5.64. The first kappa shape index (κ1) is 17.6. The van der Waals surface area contributed by atoms with Crippen LogP contribution in [0.5, 0.6) is 0 Å². The van der Waals surface area contributed by atoms with Crippen molar-refractivity contribution in [1.82, 2.24) is 0 Å². The predicted molar refractivity (Wildman–Crippen MR) is 111 cm³/mol. The molecule has 3 aromatic rings. The van der Waals surface area contributed by atoms with Gasteiger partial charge >= 0.3 is 5.97 Å². The molecule has 1 aromatic heterocycles. The van der Waals surface area contributed by atoms with Crippen molar-refractivity contribution in [2.75, 3.05) is 17.3 Å². The molecule has 0 saturated carbocycles. The van der Waals surface area contributed by atoms with Crippen molar-refractivity contribution >= 4 is 40.5 Å². The van der Waals surface area contributed by atoms with Crippen molar-refractivity contribution in [2.24, 2.45) is 0 Å². The number of fused-ring (bicyclic) bond motifs is 4. The quantitative estimate of drug-likeness (QED) is 0.682. The van der Waals surface area contributed by atoms with Crippen LogP contribution in [0, 0.1) is 0 Å². The van der Waals surface area contributed by atoms with Gasteiger partial charge in [-0.15, -0.1) is 11.3 Å². The number of amides is 2. The molecule has 2 N–H and O–H groups in total. The normalized spacial score (nSPS) is 19.8. The molecule has 1 atom stereocenters. The Morgan fingerprint density at radius 2 is 1.79 bits per heavy atom. The van der Waals surface area contributed by atoms with Crippen molar-refractivity contribution in [3.05, 3.63) is 69.9 Å². The summed E-state index contributed by atoms with van der Waals surface area (Å²) >= 11 is 1.07. The number of thiophene rings is 1. The maximum absolute atomic E-state index is 13.5. The number of nitrogens with zero attached hydrogens (tertiary/aromatic N) is 1. The molecule has 2 aliphatic rings. The summed E-state index contributed by atoms with van der Waals surface area (Å²) in [5.41, 5.74) is 1.84. The van der Waals surface area contributed by atoms with Crippen LogP contribution in [0.2, 0.25) is 0 Å². The van der Waals surface area contributed by atoms with E-state index in [1.807, 2.05) is 42.5 Å². The second kappa shape index (κ2) is 6.02. The van der Waals surface area contributed by atoms with Gasteiger partial charge in [0, 0.05) is 18.3 Å². The van der Waals surface area contributed by atoms with Crippen molar-refractivity contribution in [1.29, 1.82) is 0 Å². The van der Waals surface area contributed by atoms with E-state index in [4.69, 9.17) is 0 Å². The number of aromatic carboxylic acids is 1. The first-order valence-corrected chi connectivity index (χ1v) is 9.90. The van der Waals surface area contributed by atoms with Gasteiger partial charge in [0.15, 0.2) is 0 Å². The van der Waals surface area contributed by atoms with Crippen LogP contribution in [-0.2, 0) is 15.0 Å². The Morgan fingerprint density at radius 3 is 2.52 bits per heavy atom. The molecule has 144 valence electrons. The fourth-order valence-electron chi connectivity index (χ4n) is 4.41. The molecule has 0 aliphatic carbocycles. The van der Waals surface area contributed by atoms with Crippen molar-refractivity contribution in [3.8, 4) is 11.1 Å². The molecule has 0 saturated heterocycles. The van der Waals surface area contributed by atoms with Crippen LogP contribution in [0.3, 0.4) is 0 Å². The Morgan fingerprint density at radius 1 is 1.10 bits per heavy atom. The maximum atomic E-state index is 13.5. The fraction of sp³-hybridized carbons (Fsp3) is 0.136. The highest BCUT2D eigenvalue weighted by molar-refractivity contribution is 7.15. The Labute approximate surface area is 170 Å². The van der Waals surface area contributed by atoms with Gasteiger partial charge in [0.2, 0.25) is 11.8 Å². The SMILES string of the molecule is CN1C(=O)C2(CC(=O)Nc3c2sc(C(=O)O)c3-c2ccccc2)c2ccccc21. The molecule has 7 heteroatoms. The number of para-hydroxylation sites is 1. The zero-order valence-electron chi connectivity index (χ0n) is 15.4. The molecule has 0 bridgehead atoms. The van der Waals surface area contributed by atoms with Gasteiger partial charge in [-0.05, 0) is 17.2 Å². The van der Waals surface area contributed by atoms with Crippen LogP contribution in [0.25, 0.3) is 11.1 Å². The van der Waals surface area contributed by atoms with Crippen molar-refractivity contribution < 1.29 is 19.5 Å². The number of anilines is 2. The van der Waals surface area contributed by atoms with E-state index in [1.165, 1.54) is 0 Å². The molecule has 6 nitrogen and oxygen atoms in total. The minimum Gasteiger partial charge on any atom is -0.477 e. The largest absolute Gasteiger partial charge is 0.477 e. The topological polar surface area (TPSA) is 86.7 Å². The first-order valence-electron chi connectivity index (χ1n) is 9.08. The smallest absolute Gasteiger partial charge is 0.346 e. The second-order valence-electron chi connectivity index (χ2n) is 7.19. The Kier molecular flexibility index (Phi) is 3.66. The molecule has 1 spiro atoms. The van der Waals surface area contributed by atoms with Gasteiger partial charge in [0.05, 0.1) is 17.0 Å². The summed E-state index contributed by atoms with van der Waals surface area (Å²) in [6.07, 6.45) is -0.0476. The monoisotopic (exact) mass is 404 g/mol. The van der Waals surface area contributed by atoms with Gasteiger partial charge in [-0.1, -0.05) is 48.5 Å². The lowest BCUT2D eigenvalue weighted by molar-refractivity contribution is -0.126. The van der Waals surface area contributed by atoms with E-state index in [0.29, 0.717) is 21.7 Å². The van der Waals surface area contributed by atoms with Gasteiger partial charge in [-0.25, -0.2) is 4.79 Å². The molecule has 3 heterocycles. The average molecular weight is 404 g/mol. The summed E-state index contributed by atoms with van der Waals surface area (Å²) in [4.78, 5) is 40.6. The van der Waals surface area contributed by atoms with Crippen LogP contribution in [0.4, 0.5) is 11.4 Å². The van der Waals surface area contributed by atoms with Crippen molar-refractivity contribution in [3.63, 3.8) is 0 Å². The average Bonchev–Trinajstić information content (AvgIpc) is 3.20. The lowest BCUT2D eigenvalue weighted by atomic mass is 9.74. The van der Waals surface area contributed by atoms with Crippen molar-refractivity contribution in [2.45, 2.75) is 11.8 Å². The number of benzene rings is 2. The number of rotatable bonds is 2. The molecule has 5 rings (SSSR count). The van der Waals surface area contributed by atoms with Gasteiger partial charge in [0.25, 0.3) is 0 Å². The number of carboxylic acids is 1. The number of nitrogens with one attached hydrogen (secondary N) is 1. The van der Waals surface area contributed by atoms with E-state index in [0.717, 1.165) is 22.6 Å². The van der Waals surface area contributed by atoms with Gasteiger partial charge in [0.1, 0.15) is 10.3 Å². The summed E-state index contributed by atoms with van der Waals surface area (Å²) in [7, 11) is 1.69. The van der Waals surface area contributed by atoms with E-state index in [2.05, 4.69) is 5.32 Å². The van der Waals surface area contributed by atoms with E-state index < -0.39 is 11.4 Å². The van der Waals surface area contributed by atoms with Crippen LogP contribution in [0.1, 0.15) is 26.5 Å². The number of hydrogen-bond donors (Lipinski definition) is 2. The Bertz CT molecular complexity index is 1200. The first-order chi connectivity index (χ1) is 13.9. The van der Waals surface area contributed by atoms with E-state index in [1.54, 1.807) is 24.1 Å². The van der Waals surface area contributed by atoms with Gasteiger partial charge in [-0.3, -0.25) is 9.59 Å². The number of carboxylic acid groups (broad SMARTS) is 1. The lowest BCUT2D eigenvalue weighted by Crippen LogP contribution is -2.45. The molecule has 1 unspecified atom stereocenters. The van der Waals surface area contributed by atoms with Crippen LogP contribution >= 0.6 is 11.3 Å². The minimum absolute atomic E-state index is 0.0476. The van der Waals surface area contributed by atoms with Crippen LogP contribution < -0.4 is 10.2 Å². The van der Waals surface area contributed by atoms with Gasteiger partial charge in [-0.2, -0.15) is 0 Å². The fourth-order valence-corrected chi connectivity index (χ4v) is 5.73. The highest BCUT2D eigenvalue weighted by Gasteiger charge is 2.57. The summed E-state index contributed by atoms with van der Waals surface area (Å²) < 4.78 is 0. The molecular weight excluding hydrogens is 388 g/mol. The molecule has 2 aliphatic heterocycles. The molecule has 29 heavy (non-hydrogen) atoms. The molecule has 2 amide bonds. The van der Waals surface area contributed by atoms with Crippen LogP contribution in [-0.4, -0.2) is 29.9 Å². The summed E-state index contributed by atoms with van der Waals surface area (Å²) in [5, 5.41) is 12.7. The van der Waals surface area contributed by atoms with E-state index in [-0.39, 0.29) is 23.1 Å². The molecule has 0 fully saturated rings. The van der Waals surface area contributed by atoms with Crippen LogP contribution in [0.15, 0.2) is 54.6 Å². The standard InChI is InChI=1S/C22H16N2O4S/c1-24-14-10-6-5-9-13(14)22(21(24)28)11-15(25)23-17-16(12-7-3-2-4-8-12)18(20(26)27)29-19(17)22/h2-10H,11H2,1H3,(H,23,25)(H,26,27). The summed E-state index contributed by atoms with van der Waals surface area (Å²) in [6.45, 7) is 0. The molecule has 2 aromatic carbocycles. The van der Waals surface area contributed by atoms with Gasteiger partial charge < -0.3 is 15.3 Å². The summed E-state index contributed by atoms with van der Waals surface area (Å²) in [5.74, 6) is -1.60. The highest BCUT2D eigenvalue weighted by atomic mass is 32.1. The minimum atomic E-state index is -1.20. The number of carbonyl (C=O) groups excluding carboxylic acids is 2. The zero-order chi connectivity index (χ0) is 20.3. The third-order valence-corrected chi connectivity index (χ3v) is 6.98.